The average Bonchev–Trinajstić information content (AvgIpc) is 2.97. The van der Waals surface area contributed by atoms with Gasteiger partial charge in [-0.25, -0.2) is 0 Å². The van der Waals surface area contributed by atoms with Crippen molar-refractivity contribution in [3.05, 3.63) is 29.3 Å². The number of hydrogen-bond donors (Lipinski definition) is 2. The van der Waals surface area contributed by atoms with Crippen molar-refractivity contribution in [2.45, 2.75) is 24.4 Å². The van der Waals surface area contributed by atoms with Crippen LogP contribution in [0, 0.1) is 0 Å². The first-order valence-electron chi connectivity index (χ1n) is 7.63. The SMILES string of the molecule is OC1(C(F)(F)F)CCN(c2nc(Cl)nc(Nc3ccnc(C(F)(F)F)c3)n2)C1. The Kier molecular flexibility index (Phi) is 5.00. The van der Waals surface area contributed by atoms with E-state index in [0.717, 1.165) is 11.1 Å². The molecule has 7 nitrogen and oxygen atoms in total. The molecule has 0 amide bonds. The molecule has 152 valence electrons. The zero-order chi connectivity index (χ0) is 20.7. The fourth-order valence-electron chi connectivity index (χ4n) is 2.53. The van der Waals surface area contributed by atoms with Gasteiger partial charge in [-0.1, -0.05) is 0 Å². The van der Waals surface area contributed by atoms with Gasteiger partial charge in [-0.2, -0.15) is 41.3 Å². The minimum absolute atomic E-state index is 0.0660. The van der Waals surface area contributed by atoms with Crippen molar-refractivity contribution in [3.8, 4) is 0 Å². The summed E-state index contributed by atoms with van der Waals surface area (Å²) in [6.07, 6.45) is -9.19. The van der Waals surface area contributed by atoms with Crippen LogP contribution in [0.5, 0.6) is 0 Å². The number of β-amino-alcohol motifs (C(OH)–C–C–N with tert-alkyl or cyclic N) is 1. The van der Waals surface area contributed by atoms with Crippen LogP contribution < -0.4 is 10.2 Å². The summed E-state index contributed by atoms with van der Waals surface area (Å²) in [6, 6.07) is 1.92. The molecule has 14 heteroatoms. The third-order valence-corrected chi connectivity index (χ3v) is 4.13. The van der Waals surface area contributed by atoms with E-state index < -0.39 is 36.6 Å². The number of hydrogen-bond acceptors (Lipinski definition) is 7. The molecule has 2 aromatic rings. The average molecular weight is 429 g/mol. The molecule has 0 aliphatic carbocycles. The second-order valence-corrected chi connectivity index (χ2v) is 6.32. The van der Waals surface area contributed by atoms with Crippen molar-refractivity contribution >= 4 is 29.2 Å². The van der Waals surface area contributed by atoms with Gasteiger partial charge in [0.25, 0.3) is 0 Å². The number of rotatable bonds is 3. The zero-order valence-electron chi connectivity index (χ0n) is 13.7. The summed E-state index contributed by atoms with van der Waals surface area (Å²) in [5.41, 5.74) is -4.15. The maximum atomic E-state index is 12.9. The maximum Gasteiger partial charge on any atom is 0.433 e. The molecule has 1 aliphatic rings. The largest absolute Gasteiger partial charge is 0.433 e. The van der Waals surface area contributed by atoms with Gasteiger partial charge < -0.3 is 15.3 Å². The molecule has 3 rings (SSSR count). The Labute approximate surface area is 158 Å². The molecular weight excluding hydrogens is 418 g/mol. The normalized spacial score (nSPS) is 20.5. The molecule has 0 saturated carbocycles. The van der Waals surface area contributed by atoms with Gasteiger partial charge in [0.2, 0.25) is 17.2 Å². The molecule has 2 aromatic heterocycles. The molecule has 1 atom stereocenters. The van der Waals surface area contributed by atoms with E-state index in [2.05, 4.69) is 25.3 Å². The van der Waals surface area contributed by atoms with E-state index >= 15 is 0 Å². The topological polar surface area (TPSA) is 87.1 Å². The summed E-state index contributed by atoms with van der Waals surface area (Å²) in [7, 11) is 0. The molecule has 1 saturated heterocycles. The van der Waals surface area contributed by atoms with E-state index in [1.54, 1.807) is 0 Å². The van der Waals surface area contributed by atoms with Crippen molar-refractivity contribution in [2.75, 3.05) is 23.3 Å². The van der Waals surface area contributed by atoms with Crippen molar-refractivity contribution in [1.29, 1.82) is 0 Å². The smallest absolute Gasteiger partial charge is 0.379 e. The van der Waals surface area contributed by atoms with Crippen molar-refractivity contribution in [1.82, 2.24) is 19.9 Å². The van der Waals surface area contributed by atoms with E-state index in [4.69, 9.17) is 11.6 Å². The molecular formula is C14H11ClF6N6O. The number of pyridine rings is 1. The van der Waals surface area contributed by atoms with Crippen LogP contribution in [0.15, 0.2) is 18.3 Å². The second kappa shape index (κ2) is 6.88. The van der Waals surface area contributed by atoms with Crippen molar-refractivity contribution < 1.29 is 31.4 Å². The summed E-state index contributed by atoms with van der Waals surface area (Å²) >= 11 is 5.75. The maximum absolute atomic E-state index is 12.9. The van der Waals surface area contributed by atoms with Crippen molar-refractivity contribution in [3.63, 3.8) is 0 Å². The van der Waals surface area contributed by atoms with E-state index in [1.807, 2.05) is 0 Å². The number of alkyl halides is 6. The Morgan fingerprint density at radius 3 is 2.46 bits per heavy atom. The molecule has 1 aliphatic heterocycles. The van der Waals surface area contributed by atoms with E-state index in [-0.39, 0.29) is 29.4 Å². The van der Waals surface area contributed by atoms with Crippen LogP contribution in [0.25, 0.3) is 0 Å². The lowest BCUT2D eigenvalue weighted by atomic mass is 10.0. The second-order valence-electron chi connectivity index (χ2n) is 5.98. The van der Waals surface area contributed by atoms with Gasteiger partial charge in [-0.15, -0.1) is 0 Å². The number of aromatic nitrogens is 4. The van der Waals surface area contributed by atoms with Gasteiger partial charge in [0, 0.05) is 24.8 Å². The summed E-state index contributed by atoms with van der Waals surface area (Å²) in [5.74, 6) is -0.537. The van der Waals surface area contributed by atoms with Crippen LogP contribution in [0.4, 0.5) is 43.9 Å². The van der Waals surface area contributed by atoms with Gasteiger partial charge in [-0.3, -0.25) is 4.98 Å². The Hall–Kier alpha value is -2.41. The molecule has 1 unspecified atom stereocenters. The number of aliphatic hydroxyl groups is 1. The molecule has 2 N–H and O–H groups in total. The lowest BCUT2D eigenvalue weighted by Crippen LogP contribution is -2.47. The first kappa shape index (κ1) is 20.3. The fraction of sp³-hybridized carbons (Fsp3) is 0.429. The molecule has 3 heterocycles. The van der Waals surface area contributed by atoms with Crippen LogP contribution in [0.3, 0.4) is 0 Å². The van der Waals surface area contributed by atoms with Gasteiger partial charge in [-0.05, 0) is 23.7 Å². The minimum atomic E-state index is -4.84. The first-order valence-corrected chi connectivity index (χ1v) is 8.01. The lowest BCUT2D eigenvalue weighted by molar-refractivity contribution is -0.250. The summed E-state index contributed by atoms with van der Waals surface area (Å²) < 4.78 is 77.0. The highest BCUT2D eigenvalue weighted by Gasteiger charge is 2.57. The predicted molar refractivity (Wildman–Crippen MR) is 85.2 cm³/mol. The third kappa shape index (κ3) is 4.19. The fourth-order valence-corrected chi connectivity index (χ4v) is 2.68. The van der Waals surface area contributed by atoms with Crippen LogP contribution in [0.1, 0.15) is 12.1 Å². The summed E-state index contributed by atoms with van der Waals surface area (Å²) in [6.45, 7) is -1.02. The van der Waals surface area contributed by atoms with E-state index in [9.17, 15) is 31.4 Å². The number of nitrogens with one attached hydrogen (secondary N) is 1. The van der Waals surface area contributed by atoms with E-state index in [0.29, 0.717) is 6.07 Å². The standard InChI is InChI=1S/C14H11ClF6N6O/c15-9-24-10(23-7-1-3-22-8(5-7)13(16,17)18)26-11(25-9)27-4-2-12(28,6-27)14(19,20)21/h1,3,5,28H,2,4,6H2,(H,22,23,24,25,26). The highest BCUT2D eigenvalue weighted by Crippen LogP contribution is 2.38. The lowest BCUT2D eigenvalue weighted by Gasteiger charge is -2.25. The molecule has 0 aromatic carbocycles. The Morgan fingerprint density at radius 2 is 1.86 bits per heavy atom. The van der Waals surface area contributed by atoms with Crippen LogP contribution in [0.2, 0.25) is 5.28 Å². The Bertz CT molecular complexity index is 878. The van der Waals surface area contributed by atoms with Crippen LogP contribution in [-0.4, -0.2) is 49.9 Å². The number of halogens is 7. The van der Waals surface area contributed by atoms with Gasteiger partial charge in [0.15, 0.2) is 5.60 Å². The quantitative estimate of drug-likeness (QED) is 0.726. The van der Waals surface area contributed by atoms with Gasteiger partial charge >= 0.3 is 12.4 Å². The Morgan fingerprint density at radius 1 is 1.14 bits per heavy atom. The monoisotopic (exact) mass is 428 g/mol. The summed E-state index contributed by atoms with van der Waals surface area (Å²) in [5, 5.41) is 11.8. The Balaban J connectivity index is 1.84. The van der Waals surface area contributed by atoms with Gasteiger partial charge in [0.05, 0.1) is 6.54 Å². The minimum Gasteiger partial charge on any atom is -0.379 e. The van der Waals surface area contributed by atoms with Crippen LogP contribution >= 0.6 is 11.6 Å². The number of nitrogens with zero attached hydrogens (tertiary/aromatic N) is 5. The molecule has 28 heavy (non-hydrogen) atoms. The molecule has 0 spiro atoms. The highest BCUT2D eigenvalue weighted by atomic mass is 35.5. The van der Waals surface area contributed by atoms with Crippen molar-refractivity contribution in [2.24, 2.45) is 0 Å². The van der Waals surface area contributed by atoms with Gasteiger partial charge in [0.1, 0.15) is 5.69 Å². The molecule has 0 bridgehead atoms. The highest BCUT2D eigenvalue weighted by molar-refractivity contribution is 6.28. The van der Waals surface area contributed by atoms with Crippen LogP contribution in [-0.2, 0) is 6.18 Å². The molecule has 1 fully saturated rings. The predicted octanol–water partition coefficient (Wildman–Crippen LogP) is 3.19. The van der Waals surface area contributed by atoms with E-state index in [1.165, 1.54) is 6.07 Å². The number of anilines is 3. The molecule has 0 radical (unpaired) electrons. The third-order valence-electron chi connectivity index (χ3n) is 3.96. The first-order chi connectivity index (χ1) is 12.9. The zero-order valence-corrected chi connectivity index (χ0v) is 14.4. The summed E-state index contributed by atoms with van der Waals surface area (Å²) in [4.78, 5) is 15.6.